The van der Waals surface area contributed by atoms with Gasteiger partial charge in [0, 0.05) is 24.3 Å². The van der Waals surface area contributed by atoms with Crippen LogP contribution in [0.5, 0.6) is 0 Å². The highest BCUT2D eigenvalue weighted by atomic mass is 16.4. The lowest BCUT2D eigenvalue weighted by atomic mass is 10.1. The quantitative estimate of drug-likeness (QED) is 0.104. The predicted octanol–water partition coefficient (Wildman–Crippen LogP) is 0.246. The number of benzene rings is 2. The van der Waals surface area contributed by atoms with Gasteiger partial charge in [-0.25, -0.2) is 4.79 Å². The van der Waals surface area contributed by atoms with E-state index in [0.717, 1.165) is 12.2 Å². The van der Waals surface area contributed by atoms with Crippen LogP contribution in [0.1, 0.15) is 17.5 Å². The molecular weight excluding hydrogens is 470 g/mol. The van der Waals surface area contributed by atoms with Crippen LogP contribution in [0.25, 0.3) is 0 Å². The molecule has 0 bridgehead atoms. The van der Waals surface area contributed by atoms with Crippen molar-refractivity contribution in [2.24, 2.45) is 10.9 Å². The smallest absolute Gasteiger partial charge is 0.326 e. The largest absolute Gasteiger partial charge is 0.481 e. The van der Waals surface area contributed by atoms with E-state index in [1.807, 2.05) is 0 Å². The summed E-state index contributed by atoms with van der Waals surface area (Å²) < 4.78 is 0. The van der Waals surface area contributed by atoms with Gasteiger partial charge in [0.2, 0.25) is 17.7 Å². The molecular formula is C24H25N5O7. The third kappa shape index (κ3) is 9.47. The van der Waals surface area contributed by atoms with Gasteiger partial charge in [0.1, 0.15) is 12.1 Å². The van der Waals surface area contributed by atoms with E-state index in [9.17, 15) is 29.1 Å². The fourth-order valence-electron chi connectivity index (χ4n) is 3.00. The first-order valence-corrected chi connectivity index (χ1v) is 10.6. The maximum atomic E-state index is 12.6. The highest BCUT2D eigenvalue weighted by Gasteiger charge is 2.28. The number of amides is 3. The molecule has 0 aliphatic carbocycles. The second-order valence-corrected chi connectivity index (χ2v) is 7.47. The summed E-state index contributed by atoms with van der Waals surface area (Å²) in [5, 5.41) is 28.9. The van der Waals surface area contributed by atoms with Gasteiger partial charge in [-0.2, -0.15) is 5.10 Å². The Labute approximate surface area is 205 Å². The lowest BCUT2D eigenvalue weighted by Gasteiger charge is -2.20. The van der Waals surface area contributed by atoms with Crippen LogP contribution in [0.3, 0.4) is 0 Å². The summed E-state index contributed by atoms with van der Waals surface area (Å²) in [5.74, 6) is -0.223. The molecule has 36 heavy (non-hydrogen) atoms. The third-order valence-corrected chi connectivity index (χ3v) is 4.70. The lowest BCUT2D eigenvalue weighted by Crippen LogP contribution is -2.52. The molecule has 188 valence electrons. The summed E-state index contributed by atoms with van der Waals surface area (Å²) in [6.45, 7) is 0. The zero-order valence-corrected chi connectivity index (χ0v) is 19.0. The first-order valence-electron chi connectivity index (χ1n) is 10.6. The van der Waals surface area contributed by atoms with E-state index < -0.39 is 48.2 Å². The number of nitrogens with one attached hydrogen (secondary N) is 3. The second-order valence-electron chi connectivity index (χ2n) is 7.47. The number of carboxylic acid groups (broad SMARTS) is 2. The average molecular weight is 495 g/mol. The first kappa shape index (κ1) is 27.2. The van der Waals surface area contributed by atoms with Crippen LogP contribution in [-0.2, 0) is 30.4 Å². The summed E-state index contributed by atoms with van der Waals surface area (Å²) in [7, 11) is 0. The van der Waals surface area contributed by atoms with Crippen LogP contribution >= 0.6 is 0 Å². The fraction of sp³-hybridized carbons (Fsp3) is 0.167. The minimum Gasteiger partial charge on any atom is -0.481 e. The van der Waals surface area contributed by atoms with Crippen molar-refractivity contribution in [2.45, 2.75) is 24.9 Å². The van der Waals surface area contributed by atoms with E-state index in [2.05, 4.69) is 21.1 Å². The molecule has 0 saturated carbocycles. The summed E-state index contributed by atoms with van der Waals surface area (Å²) >= 11 is 0. The molecule has 0 radical (unpaired) electrons. The standard InChI is InChI=1S/C24H25N5O7/c25-26-14-16-6-8-17(9-7-16)27-20(30)10-11-21(31)28-18(13-22(32)33)23(34)29-19(24(35)36)12-15-4-2-1-3-5-15/h1-11,14,18-19H,12-13,25H2,(H,27,30)(H,28,31)(H,29,34)(H,32,33)(H,35,36)/t18-,19-/m0/s1. The van der Waals surface area contributed by atoms with Crippen LogP contribution in [0.15, 0.2) is 71.9 Å². The number of hydrazone groups is 1. The molecule has 12 heteroatoms. The normalized spacial score (nSPS) is 12.6. The van der Waals surface area contributed by atoms with Gasteiger partial charge in [0.05, 0.1) is 12.6 Å². The maximum absolute atomic E-state index is 12.6. The number of hydrogen-bond donors (Lipinski definition) is 6. The number of anilines is 1. The minimum absolute atomic E-state index is 0.0459. The molecule has 12 nitrogen and oxygen atoms in total. The fourth-order valence-corrected chi connectivity index (χ4v) is 3.00. The van der Waals surface area contributed by atoms with Gasteiger partial charge in [-0.1, -0.05) is 42.5 Å². The molecule has 0 aliphatic heterocycles. The van der Waals surface area contributed by atoms with Gasteiger partial charge in [-0.05, 0) is 23.3 Å². The number of hydrogen-bond acceptors (Lipinski definition) is 7. The molecule has 0 aromatic heterocycles. The Balaban J connectivity index is 1.99. The van der Waals surface area contributed by atoms with E-state index in [4.69, 9.17) is 10.9 Å². The van der Waals surface area contributed by atoms with Crippen molar-refractivity contribution < 1.29 is 34.2 Å². The molecule has 0 unspecified atom stereocenters. The first-order chi connectivity index (χ1) is 17.2. The van der Waals surface area contributed by atoms with Crippen molar-refractivity contribution in [3.05, 3.63) is 77.9 Å². The molecule has 3 amide bonds. The number of aliphatic carboxylic acids is 2. The molecule has 0 heterocycles. The Morgan fingerprint density at radius 1 is 0.861 bits per heavy atom. The SMILES string of the molecule is NN=Cc1ccc(NC(=O)C=CC(=O)N[C@@H](CC(=O)O)C(=O)N[C@@H](Cc2ccccc2)C(=O)O)cc1. The molecule has 0 saturated heterocycles. The van der Waals surface area contributed by atoms with Gasteiger partial charge in [0.15, 0.2) is 0 Å². The predicted molar refractivity (Wildman–Crippen MR) is 130 cm³/mol. The van der Waals surface area contributed by atoms with Crippen LogP contribution in [0.4, 0.5) is 5.69 Å². The molecule has 0 spiro atoms. The minimum atomic E-state index is -1.57. The van der Waals surface area contributed by atoms with Crippen molar-refractivity contribution in [3.63, 3.8) is 0 Å². The van der Waals surface area contributed by atoms with Crippen LogP contribution in [-0.4, -0.2) is 58.2 Å². The number of carboxylic acids is 2. The zero-order chi connectivity index (χ0) is 26.5. The highest BCUT2D eigenvalue weighted by molar-refractivity contribution is 6.04. The maximum Gasteiger partial charge on any atom is 0.326 e. The van der Waals surface area contributed by atoms with Gasteiger partial charge in [-0.15, -0.1) is 0 Å². The summed E-state index contributed by atoms with van der Waals surface area (Å²) in [6.07, 6.45) is 2.30. The lowest BCUT2D eigenvalue weighted by molar-refractivity contribution is -0.143. The molecule has 2 atom stereocenters. The topological polar surface area (TPSA) is 200 Å². The van der Waals surface area contributed by atoms with Crippen molar-refractivity contribution >= 4 is 41.6 Å². The van der Waals surface area contributed by atoms with E-state index in [1.165, 1.54) is 6.21 Å². The molecule has 2 aromatic rings. The molecule has 2 rings (SSSR count). The Kier molecular flexibility index (Phi) is 10.3. The number of nitrogens with two attached hydrogens (primary N) is 1. The molecule has 0 aliphatic rings. The number of carbonyl (C=O) groups is 5. The summed E-state index contributed by atoms with van der Waals surface area (Å²) in [5.41, 5.74) is 1.78. The second kappa shape index (κ2) is 13.6. The monoisotopic (exact) mass is 495 g/mol. The Morgan fingerprint density at radius 3 is 2.08 bits per heavy atom. The third-order valence-electron chi connectivity index (χ3n) is 4.70. The van der Waals surface area contributed by atoms with Gasteiger partial charge < -0.3 is 32.0 Å². The highest BCUT2D eigenvalue weighted by Crippen LogP contribution is 2.08. The Bertz CT molecular complexity index is 1150. The van der Waals surface area contributed by atoms with E-state index in [-0.39, 0.29) is 6.42 Å². The number of carbonyl (C=O) groups excluding carboxylic acids is 3. The van der Waals surface area contributed by atoms with Crippen molar-refractivity contribution in [3.8, 4) is 0 Å². The summed E-state index contributed by atoms with van der Waals surface area (Å²) in [4.78, 5) is 59.7. The van der Waals surface area contributed by atoms with E-state index in [1.54, 1.807) is 54.6 Å². The van der Waals surface area contributed by atoms with Crippen LogP contribution in [0.2, 0.25) is 0 Å². The average Bonchev–Trinajstić information content (AvgIpc) is 2.83. The van der Waals surface area contributed by atoms with Crippen molar-refractivity contribution in [1.29, 1.82) is 0 Å². The molecule has 2 aromatic carbocycles. The Hall–Kier alpha value is -5.00. The summed E-state index contributed by atoms with van der Waals surface area (Å²) in [6, 6.07) is 12.1. The van der Waals surface area contributed by atoms with E-state index in [0.29, 0.717) is 16.8 Å². The van der Waals surface area contributed by atoms with Crippen molar-refractivity contribution in [1.82, 2.24) is 10.6 Å². The van der Waals surface area contributed by atoms with Crippen molar-refractivity contribution in [2.75, 3.05) is 5.32 Å². The van der Waals surface area contributed by atoms with Gasteiger partial charge in [0.25, 0.3) is 0 Å². The van der Waals surface area contributed by atoms with Crippen LogP contribution < -0.4 is 21.8 Å². The van der Waals surface area contributed by atoms with Gasteiger partial charge in [-0.3, -0.25) is 19.2 Å². The van der Waals surface area contributed by atoms with Crippen LogP contribution in [0, 0.1) is 0 Å². The Morgan fingerprint density at radius 2 is 1.50 bits per heavy atom. The van der Waals surface area contributed by atoms with E-state index >= 15 is 0 Å². The molecule has 0 fully saturated rings. The number of rotatable bonds is 12. The van der Waals surface area contributed by atoms with Gasteiger partial charge >= 0.3 is 11.9 Å². The molecule has 7 N–H and O–H groups in total. The number of nitrogens with zero attached hydrogens (tertiary/aromatic N) is 1. The zero-order valence-electron chi connectivity index (χ0n) is 19.0.